The molecule has 0 aromatic heterocycles. The number of likely N-dealkylation sites (N-methyl/N-ethyl adjacent to an activating group) is 1. The molecule has 0 saturated carbocycles. The van der Waals surface area contributed by atoms with Gasteiger partial charge in [-0.15, -0.1) is 0 Å². The number of carbonyl (C=O) groups is 3. The molecule has 5 nitrogen and oxygen atoms in total. The van der Waals surface area contributed by atoms with E-state index in [1.54, 1.807) is 36.2 Å². The number of carbonyl (C=O) groups excluding carboxylic acids is 3. The zero-order chi connectivity index (χ0) is 22.8. The molecule has 5 rings (SSSR count). The van der Waals surface area contributed by atoms with Gasteiger partial charge in [0.1, 0.15) is 11.3 Å². The molecule has 1 heterocycles. The Balaban J connectivity index is 1.83. The van der Waals surface area contributed by atoms with Crippen LogP contribution in [0.5, 0.6) is 0 Å². The number of nitrogens with zero attached hydrogens (tertiary/aromatic N) is 2. The fourth-order valence-electron chi connectivity index (χ4n) is 5.09. The summed E-state index contributed by atoms with van der Waals surface area (Å²) < 4.78 is 0.782. The number of ketones is 2. The van der Waals surface area contributed by atoms with Crippen molar-refractivity contribution in [2.24, 2.45) is 5.92 Å². The van der Waals surface area contributed by atoms with E-state index in [-0.39, 0.29) is 17.5 Å². The van der Waals surface area contributed by atoms with Gasteiger partial charge >= 0.3 is 0 Å². The molecule has 1 aliphatic carbocycles. The summed E-state index contributed by atoms with van der Waals surface area (Å²) in [4.78, 5) is 44.9. The first-order valence-corrected chi connectivity index (χ1v) is 11.1. The number of rotatable bonds is 3. The first-order chi connectivity index (χ1) is 15.3. The van der Waals surface area contributed by atoms with Crippen LogP contribution < -0.4 is 9.80 Å². The van der Waals surface area contributed by atoms with Crippen molar-refractivity contribution in [3.8, 4) is 0 Å². The fourth-order valence-corrected chi connectivity index (χ4v) is 5.45. The van der Waals surface area contributed by atoms with Crippen LogP contribution in [-0.4, -0.2) is 38.6 Å². The van der Waals surface area contributed by atoms with Gasteiger partial charge in [-0.3, -0.25) is 14.4 Å². The second-order valence-corrected chi connectivity index (χ2v) is 9.40. The second kappa shape index (κ2) is 7.14. The third-order valence-electron chi connectivity index (χ3n) is 6.64. The van der Waals surface area contributed by atoms with E-state index in [1.165, 1.54) is 0 Å². The zero-order valence-electron chi connectivity index (χ0n) is 17.9. The van der Waals surface area contributed by atoms with Crippen molar-refractivity contribution in [1.82, 2.24) is 0 Å². The van der Waals surface area contributed by atoms with E-state index in [2.05, 4.69) is 15.9 Å². The van der Waals surface area contributed by atoms with Crippen molar-refractivity contribution in [3.63, 3.8) is 0 Å². The highest BCUT2D eigenvalue weighted by Gasteiger charge is 2.62. The van der Waals surface area contributed by atoms with E-state index in [0.717, 1.165) is 10.2 Å². The highest BCUT2D eigenvalue weighted by molar-refractivity contribution is 9.10. The molecule has 1 amide bonds. The van der Waals surface area contributed by atoms with Crippen molar-refractivity contribution >= 4 is 44.8 Å². The third kappa shape index (κ3) is 2.59. The van der Waals surface area contributed by atoms with Gasteiger partial charge in [-0.25, -0.2) is 0 Å². The molecule has 1 atom stereocenters. The Morgan fingerprint density at radius 1 is 0.875 bits per heavy atom. The molecular weight excluding hydrogens is 468 g/mol. The Labute approximate surface area is 194 Å². The normalized spacial score (nSPS) is 20.0. The number of halogens is 1. The minimum Gasteiger partial charge on any atom is -0.378 e. The number of Topliss-reactive ketones (excluding diaryl/α,β-unsaturated/α-hetero) is 2. The molecule has 3 aromatic carbocycles. The topological polar surface area (TPSA) is 57.7 Å². The minimum atomic E-state index is -1.44. The maximum absolute atomic E-state index is 14.0. The Hall–Kier alpha value is -3.25. The molecule has 2 aliphatic rings. The van der Waals surface area contributed by atoms with Crippen LogP contribution in [0, 0.1) is 5.92 Å². The molecule has 3 aromatic rings. The molecule has 0 saturated heterocycles. The fraction of sp³-hybridized carbons (Fsp3) is 0.192. The summed E-state index contributed by atoms with van der Waals surface area (Å²) >= 11 is 3.52. The van der Waals surface area contributed by atoms with Crippen molar-refractivity contribution in [3.05, 3.63) is 93.5 Å². The van der Waals surface area contributed by atoms with Crippen LogP contribution in [0.25, 0.3) is 0 Å². The minimum absolute atomic E-state index is 0.275. The van der Waals surface area contributed by atoms with Crippen molar-refractivity contribution < 1.29 is 14.4 Å². The van der Waals surface area contributed by atoms with Gasteiger partial charge in [-0.2, -0.15) is 0 Å². The van der Waals surface area contributed by atoms with Gasteiger partial charge in [0, 0.05) is 48.1 Å². The average molecular weight is 489 g/mol. The summed E-state index contributed by atoms with van der Waals surface area (Å²) in [6.07, 6.45) is 0. The Kier molecular flexibility index (Phi) is 4.60. The van der Waals surface area contributed by atoms with Crippen LogP contribution >= 0.6 is 15.9 Å². The smallest absolute Gasteiger partial charge is 0.243 e. The highest BCUT2D eigenvalue weighted by atomic mass is 79.9. The predicted molar refractivity (Wildman–Crippen MR) is 128 cm³/mol. The summed E-state index contributed by atoms with van der Waals surface area (Å²) in [5, 5.41) is 0. The summed E-state index contributed by atoms with van der Waals surface area (Å²) in [5.41, 5.74) is 2.28. The van der Waals surface area contributed by atoms with E-state index in [4.69, 9.17) is 0 Å². The molecule has 32 heavy (non-hydrogen) atoms. The van der Waals surface area contributed by atoms with Gasteiger partial charge in [0.15, 0.2) is 11.6 Å². The number of anilines is 2. The van der Waals surface area contributed by atoms with Crippen LogP contribution in [0.15, 0.2) is 71.2 Å². The summed E-state index contributed by atoms with van der Waals surface area (Å²) in [7, 11) is 5.57. The molecule has 0 bridgehead atoms. The molecule has 0 spiro atoms. The number of fused-ring (bicyclic) bond motifs is 2. The predicted octanol–water partition coefficient (Wildman–Crippen LogP) is 4.47. The summed E-state index contributed by atoms with van der Waals surface area (Å²) in [5.74, 6) is -2.05. The molecule has 6 heteroatoms. The zero-order valence-corrected chi connectivity index (χ0v) is 19.5. The number of hydrogen-bond acceptors (Lipinski definition) is 4. The van der Waals surface area contributed by atoms with E-state index < -0.39 is 11.3 Å². The van der Waals surface area contributed by atoms with Crippen molar-refractivity contribution in [2.45, 2.75) is 5.41 Å². The number of amides is 1. The molecule has 0 fully saturated rings. The van der Waals surface area contributed by atoms with Gasteiger partial charge in [0.2, 0.25) is 5.91 Å². The van der Waals surface area contributed by atoms with Gasteiger partial charge in [0.05, 0.1) is 0 Å². The van der Waals surface area contributed by atoms with Gasteiger partial charge in [-0.1, -0.05) is 52.3 Å². The Bertz CT molecular complexity index is 1260. The summed E-state index contributed by atoms with van der Waals surface area (Å²) in [6.45, 7) is 0. The van der Waals surface area contributed by atoms with Gasteiger partial charge in [-0.05, 0) is 41.5 Å². The van der Waals surface area contributed by atoms with E-state index in [0.29, 0.717) is 27.9 Å². The van der Waals surface area contributed by atoms with Gasteiger partial charge in [0.25, 0.3) is 0 Å². The lowest BCUT2D eigenvalue weighted by Gasteiger charge is -2.33. The first-order valence-electron chi connectivity index (χ1n) is 10.3. The largest absolute Gasteiger partial charge is 0.378 e. The lowest BCUT2D eigenvalue weighted by Crippen LogP contribution is -2.49. The lowest BCUT2D eigenvalue weighted by atomic mass is 9.64. The SMILES string of the molecule is CN(C)c1ccc(C2(C3C(=O)c4ccccc4C3=O)C(=O)N(C)c3ccc(Br)cc32)cc1. The van der Waals surface area contributed by atoms with Crippen LogP contribution in [0.2, 0.25) is 0 Å². The van der Waals surface area contributed by atoms with Crippen LogP contribution in [0.4, 0.5) is 11.4 Å². The van der Waals surface area contributed by atoms with Crippen LogP contribution in [0.1, 0.15) is 31.8 Å². The molecule has 0 radical (unpaired) electrons. The van der Waals surface area contributed by atoms with Crippen LogP contribution in [0.3, 0.4) is 0 Å². The van der Waals surface area contributed by atoms with Crippen LogP contribution in [-0.2, 0) is 10.2 Å². The van der Waals surface area contributed by atoms with E-state index >= 15 is 0 Å². The van der Waals surface area contributed by atoms with Crippen molar-refractivity contribution in [2.75, 3.05) is 30.9 Å². The third-order valence-corrected chi connectivity index (χ3v) is 7.13. The quantitative estimate of drug-likeness (QED) is 0.510. The highest BCUT2D eigenvalue weighted by Crippen LogP contribution is 2.54. The lowest BCUT2D eigenvalue weighted by molar-refractivity contribution is -0.122. The maximum atomic E-state index is 14.0. The van der Waals surface area contributed by atoms with Gasteiger partial charge < -0.3 is 9.80 Å². The Morgan fingerprint density at radius 3 is 2.03 bits per heavy atom. The molecule has 0 N–H and O–H groups in total. The molecular formula is C26H21BrN2O3. The number of benzene rings is 3. The van der Waals surface area contributed by atoms with E-state index in [9.17, 15) is 14.4 Å². The standard InChI is InChI=1S/C26H21BrN2O3/c1-28(2)17-11-8-15(9-12-17)26(20-14-16(27)10-13-21(20)29(3)25(26)32)22-23(30)18-6-4-5-7-19(18)24(22)31/h4-14,22H,1-3H3. The number of hydrogen-bond donors (Lipinski definition) is 0. The Morgan fingerprint density at radius 2 is 1.47 bits per heavy atom. The average Bonchev–Trinajstić information content (AvgIpc) is 3.17. The first kappa shape index (κ1) is 20.6. The van der Waals surface area contributed by atoms with E-state index in [1.807, 2.05) is 61.5 Å². The maximum Gasteiger partial charge on any atom is 0.243 e. The monoisotopic (exact) mass is 488 g/mol. The molecule has 160 valence electrons. The second-order valence-electron chi connectivity index (χ2n) is 8.48. The molecule has 1 aliphatic heterocycles. The summed E-state index contributed by atoms with van der Waals surface area (Å²) in [6, 6.07) is 20.0. The molecule has 1 unspecified atom stereocenters. The van der Waals surface area contributed by atoms with Crippen molar-refractivity contribution in [1.29, 1.82) is 0 Å².